The van der Waals surface area contributed by atoms with E-state index in [0.29, 0.717) is 28.2 Å². The fourth-order valence-electron chi connectivity index (χ4n) is 2.84. The van der Waals surface area contributed by atoms with E-state index in [1.807, 2.05) is 24.3 Å². The molecule has 0 spiro atoms. The van der Waals surface area contributed by atoms with Crippen LogP contribution in [0.2, 0.25) is 0 Å². The van der Waals surface area contributed by atoms with Crippen molar-refractivity contribution in [3.8, 4) is 5.75 Å². The van der Waals surface area contributed by atoms with Crippen LogP contribution in [0.4, 0.5) is 5.69 Å². The van der Waals surface area contributed by atoms with Crippen LogP contribution in [0, 0.1) is 0 Å². The highest BCUT2D eigenvalue weighted by Crippen LogP contribution is 2.31. The van der Waals surface area contributed by atoms with Gasteiger partial charge < -0.3 is 10.5 Å². The fourth-order valence-corrected chi connectivity index (χ4v) is 3.59. The number of carbonyl (C=O) groups is 2. The minimum absolute atomic E-state index is 0.0307. The highest BCUT2D eigenvalue weighted by atomic mass is 32.2. The minimum atomic E-state index is -0.475. The normalized spacial score (nSPS) is 15.2. The molecule has 6 nitrogen and oxygen atoms in total. The van der Waals surface area contributed by atoms with Gasteiger partial charge in [-0.05, 0) is 35.3 Å². The number of carbonyl (C=O) groups excluding carboxylic acids is 2. The van der Waals surface area contributed by atoms with Gasteiger partial charge in [0.2, 0.25) is 5.91 Å². The number of nitrogens with two attached hydrogens (primary N) is 1. The zero-order valence-corrected chi connectivity index (χ0v) is 17.4. The van der Waals surface area contributed by atoms with E-state index in [1.54, 1.807) is 37.5 Å². The average molecular weight is 410 g/mol. The molecule has 2 amide bonds. The SMILES string of the molecule is COc1cccc(N2C(=O)/C(=C\c3ccc(C(C)C)cc3)N=C2SCC(N)=O)c1. The monoisotopic (exact) mass is 409 g/mol. The van der Waals surface area contributed by atoms with Crippen molar-refractivity contribution < 1.29 is 14.3 Å². The Morgan fingerprint density at radius 2 is 1.97 bits per heavy atom. The fraction of sp³-hybridized carbons (Fsp3) is 0.227. The van der Waals surface area contributed by atoms with Gasteiger partial charge in [0, 0.05) is 6.07 Å². The first-order chi connectivity index (χ1) is 13.9. The van der Waals surface area contributed by atoms with Gasteiger partial charge in [-0.2, -0.15) is 0 Å². The predicted molar refractivity (Wildman–Crippen MR) is 118 cm³/mol. The molecule has 150 valence electrons. The number of hydrogen-bond acceptors (Lipinski definition) is 5. The number of primary amides is 1. The van der Waals surface area contributed by atoms with E-state index in [9.17, 15) is 9.59 Å². The van der Waals surface area contributed by atoms with Crippen molar-refractivity contribution in [1.29, 1.82) is 0 Å². The van der Waals surface area contributed by atoms with E-state index in [1.165, 1.54) is 10.5 Å². The molecule has 0 unspecified atom stereocenters. The Kier molecular flexibility index (Phi) is 6.39. The van der Waals surface area contributed by atoms with Crippen molar-refractivity contribution in [3.05, 3.63) is 65.4 Å². The van der Waals surface area contributed by atoms with Crippen LogP contribution in [0.15, 0.2) is 59.2 Å². The summed E-state index contributed by atoms with van der Waals surface area (Å²) < 4.78 is 5.26. The third-order valence-electron chi connectivity index (χ3n) is 4.39. The third-order valence-corrected chi connectivity index (χ3v) is 5.35. The molecule has 1 heterocycles. The highest BCUT2D eigenvalue weighted by Gasteiger charge is 2.32. The van der Waals surface area contributed by atoms with Crippen molar-refractivity contribution >= 4 is 40.5 Å². The lowest BCUT2D eigenvalue weighted by molar-refractivity contribution is -0.115. The molecule has 2 N–H and O–H groups in total. The summed E-state index contributed by atoms with van der Waals surface area (Å²) in [6.07, 6.45) is 1.75. The molecular formula is C22H23N3O3S. The predicted octanol–water partition coefficient (Wildman–Crippen LogP) is 3.78. The van der Waals surface area contributed by atoms with E-state index in [0.717, 1.165) is 17.3 Å². The highest BCUT2D eigenvalue weighted by molar-refractivity contribution is 8.14. The summed E-state index contributed by atoms with van der Waals surface area (Å²) in [4.78, 5) is 30.3. The lowest BCUT2D eigenvalue weighted by Crippen LogP contribution is -2.31. The lowest BCUT2D eigenvalue weighted by Gasteiger charge is -2.18. The van der Waals surface area contributed by atoms with E-state index < -0.39 is 5.91 Å². The largest absolute Gasteiger partial charge is 0.497 e. The molecule has 0 saturated heterocycles. The number of nitrogens with zero attached hydrogens (tertiary/aromatic N) is 2. The van der Waals surface area contributed by atoms with Gasteiger partial charge in [-0.3, -0.25) is 14.5 Å². The number of thioether (sulfide) groups is 1. The van der Waals surface area contributed by atoms with Gasteiger partial charge in [0.05, 0.1) is 18.6 Å². The molecule has 1 aliphatic heterocycles. The Bertz CT molecular complexity index is 981. The van der Waals surface area contributed by atoms with Crippen molar-refractivity contribution in [2.24, 2.45) is 10.7 Å². The summed E-state index contributed by atoms with van der Waals surface area (Å²) in [7, 11) is 1.56. The van der Waals surface area contributed by atoms with Crippen LogP contribution in [0.1, 0.15) is 30.9 Å². The van der Waals surface area contributed by atoms with Gasteiger partial charge in [0.1, 0.15) is 11.4 Å². The lowest BCUT2D eigenvalue weighted by atomic mass is 10.0. The second-order valence-corrected chi connectivity index (χ2v) is 7.78. The van der Waals surface area contributed by atoms with Crippen LogP contribution in [-0.2, 0) is 9.59 Å². The molecule has 0 bridgehead atoms. The number of aliphatic imine (C=N–C) groups is 1. The van der Waals surface area contributed by atoms with E-state index in [2.05, 4.69) is 18.8 Å². The number of methoxy groups -OCH3 is 1. The van der Waals surface area contributed by atoms with Crippen LogP contribution in [0.5, 0.6) is 5.75 Å². The average Bonchev–Trinajstić information content (AvgIpc) is 3.02. The maximum atomic E-state index is 13.1. The molecular weight excluding hydrogens is 386 g/mol. The number of amidine groups is 1. The molecule has 0 saturated carbocycles. The smallest absolute Gasteiger partial charge is 0.283 e. The zero-order chi connectivity index (χ0) is 21.0. The number of amides is 2. The number of ether oxygens (including phenoxy) is 1. The number of rotatable bonds is 6. The first-order valence-electron chi connectivity index (χ1n) is 9.19. The summed E-state index contributed by atoms with van der Waals surface area (Å²) in [5.41, 5.74) is 8.30. The topological polar surface area (TPSA) is 85.0 Å². The molecule has 2 aromatic carbocycles. The molecule has 0 aliphatic carbocycles. The van der Waals surface area contributed by atoms with Crippen LogP contribution >= 0.6 is 11.8 Å². The summed E-state index contributed by atoms with van der Waals surface area (Å²) in [6.45, 7) is 4.26. The summed E-state index contributed by atoms with van der Waals surface area (Å²) in [6, 6.07) is 15.2. The molecule has 2 aromatic rings. The van der Waals surface area contributed by atoms with Gasteiger partial charge >= 0.3 is 0 Å². The number of hydrogen-bond donors (Lipinski definition) is 1. The quantitative estimate of drug-likeness (QED) is 0.736. The van der Waals surface area contributed by atoms with Crippen LogP contribution in [0.25, 0.3) is 6.08 Å². The van der Waals surface area contributed by atoms with Crippen LogP contribution in [-0.4, -0.2) is 29.8 Å². The Labute approximate surface area is 174 Å². The Morgan fingerprint density at radius 1 is 1.24 bits per heavy atom. The number of benzene rings is 2. The molecule has 29 heavy (non-hydrogen) atoms. The molecule has 7 heteroatoms. The van der Waals surface area contributed by atoms with E-state index in [4.69, 9.17) is 10.5 Å². The first-order valence-corrected chi connectivity index (χ1v) is 10.2. The van der Waals surface area contributed by atoms with Gasteiger partial charge in [-0.25, -0.2) is 4.99 Å². The standard InChI is InChI=1S/C22H23N3O3S/c1-14(2)16-9-7-15(8-10-16)11-19-21(27)25(22(24-19)29-13-20(23)26)17-5-4-6-18(12-17)28-3/h4-12,14H,13H2,1-3H3,(H2,23,26)/b19-11+. The van der Waals surface area contributed by atoms with Crippen molar-refractivity contribution in [1.82, 2.24) is 0 Å². The maximum absolute atomic E-state index is 13.1. The van der Waals surface area contributed by atoms with Crippen molar-refractivity contribution in [2.45, 2.75) is 19.8 Å². The second-order valence-electron chi connectivity index (χ2n) is 6.84. The molecule has 0 atom stereocenters. The third kappa shape index (κ3) is 4.86. The summed E-state index contributed by atoms with van der Waals surface area (Å²) in [5, 5.41) is 0.409. The van der Waals surface area contributed by atoms with Crippen molar-refractivity contribution in [2.75, 3.05) is 17.8 Å². The van der Waals surface area contributed by atoms with E-state index in [-0.39, 0.29) is 11.7 Å². The minimum Gasteiger partial charge on any atom is -0.497 e. The summed E-state index contributed by atoms with van der Waals surface area (Å²) in [5.74, 6) is 0.346. The molecule has 1 aliphatic rings. The van der Waals surface area contributed by atoms with Gasteiger partial charge in [0.15, 0.2) is 5.17 Å². The number of anilines is 1. The maximum Gasteiger partial charge on any atom is 0.283 e. The Morgan fingerprint density at radius 3 is 2.59 bits per heavy atom. The molecule has 0 fully saturated rings. The Balaban J connectivity index is 1.95. The first kappa shape index (κ1) is 20.7. The van der Waals surface area contributed by atoms with Gasteiger partial charge in [0.25, 0.3) is 5.91 Å². The second kappa shape index (κ2) is 8.96. The van der Waals surface area contributed by atoms with Gasteiger partial charge in [-0.15, -0.1) is 0 Å². The summed E-state index contributed by atoms with van der Waals surface area (Å²) >= 11 is 1.13. The molecule has 3 rings (SSSR count). The van der Waals surface area contributed by atoms with Crippen LogP contribution in [0.3, 0.4) is 0 Å². The van der Waals surface area contributed by atoms with E-state index >= 15 is 0 Å². The molecule has 0 aromatic heterocycles. The Hall–Kier alpha value is -3.06. The van der Waals surface area contributed by atoms with Gasteiger partial charge in [-0.1, -0.05) is 55.9 Å². The van der Waals surface area contributed by atoms with Crippen molar-refractivity contribution in [3.63, 3.8) is 0 Å². The molecule has 0 radical (unpaired) electrons. The zero-order valence-electron chi connectivity index (χ0n) is 16.6. The van der Waals surface area contributed by atoms with Crippen LogP contribution < -0.4 is 15.4 Å².